The summed E-state index contributed by atoms with van der Waals surface area (Å²) in [6, 6.07) is 12.6. The number of nitrogens with one attached hydrogen (secondary N) is 2. The van der Waals surface area contributed by atoms with Crippen molar-refractivity contribution >= 4 is 11.6 Å². The third-order valence-corrected chi connectivity index (χ3v) is 7.06. The van der Waals surface area contributed by atoms with Crippen molar-refractivity contribution in [1.82, 2.24) is 0 Å². The highest BCUT2D eigenvalue weighted by Crippen LogP contribution is 2.44. The van der Waals surface area contributed by atoms with Crippen molar-refractivity contribution in [2.45, 2.75) is 57.6 Å². The van der Waals surface area contributed by atoms with E-state index in [1.54, 1.807) is 0 Å². The van der Waals surface area contributed by atoms with Gasteiger partial charge in [0.25, 0.3) is 5.91 Å². The number of aliphatic hydroxyl groups is 1. The molecule has 2 aromatic rings. The lowest BCUT2D eigenvalue weighted by Crippen LogP contribution is -3.16. The normalized spacial score (nSPS) is 28.6. The van der Waals surface area contributed by atoms with Crippen molar-refractivity contribution in [2.75, 3.05) is 18.4 Å². The van der Waals surface area contributed by atoms with E-state index in [1.165, 1.54) is 17.7 Å². The summed E-state index contributed by atoms with van der Waals surface area (Å²) in [6.45, 7) is 5.10. The number of likely N-dealkylation sites (tertiary alicyclic amines) is 1. The predicted molar refractivity (Wildman–Crippen MR) is 116 cm³/mol. The van der Waals surface area contributed by atoms with Gasteiger partial charge >= 0.3 is 0 Å². The van der Waals surface area contributed by atoms with E-state index in [2.05, 4.69) is 11.4 Å². The predicted octanol–water partition coefficient (Wildman–Crippen LogP) is 3.33. The van der Waals surface area contributed by atoms with Crippen LogP contribution in [0.4, 0.5) is 10.1 Å². The van der Waals surface area contributed by atoms with Crippen molar-refractivity contribution in [2.24, 2.45) is 5.92 Å². The fourth-order valence-corrected chi connectivity index (χ4v) is 5.54. The third kappa shape index (κ3) is 4.28. The molecule has 1 aliphatic heterocycles. The van der Waals surface area contributed by atoms with E-state index >= 15 is 0 Å². The zero-order chi connectivity index (χ0) is 21.3. The minimum Gasteiger partial charge on any atom is -0.389 e. The summed E-state index contributed by atoms with van der Waals surface area (Å²) in [5.41, 5.74) is 3.39. The number of aryl methyl sites for hydroxylation is 2. The first kappa shape index (κ1) is 21.0. The Bertz CT molecular complexity index is 914. The molecule has 1 saturated carbocycles. The Kier molecular flexibility index (Phi) is 5.94. The highest BCUT2D eigenvalue weighted by atomic mass is 19.1. The standard InChI is InChI=1S/C25H31FN2O2/c1-17-6-11-22(18(2)15-17)27-23(29)16-28-14-13-25(30)12-4-3-5-21(25)24(28)19-7-9-20(26)10-8-19/h6-11,15,21,24,30H,3-5,12-14,16H2,1-2H3,(H,27,29)/p+1/t21-,24+,25-/m1/s1. The summed E-state index contributed by atoms with van der Waals surface area (Å²) in [6.07, 6.45) is 4.61. The second kappa shape index (κ2) is 8.48. The van der Waals surface area contributed by atoms with E-state index in [9.17, 15) is 14.3 Å². The Labute approximate surface area is 178 Å². The molecule has 0 radical (unpaired) electrons. The summed E-state index contributed by atoms with van der Waals surface area (Å²) in [5.74, 6) is -0.192. The number of anilines is 1. The molecular formula is C25H32FN2O2+. The topological polar surface area (TPSA) is 53.8 Å². The van der Waals surface area contributed by atoms with Gasteiger partial charge in [0.2, 0.25) is 0 Å². The number of hydrogen-bond donors (Lipinski definition) is 3. The largest absolute Gasteiger partial charge is 0.389 e. The van der Waals surface area contributed by atoms with Gasteiger partial charge in [-0.15, -0.1) is 0 Å². The van der Waals surface area contributed by atoms with Crippen LogP contribution in [0.3, 0.4) is 0 Å². The number of amides is 1. The smallest absolute Gasteiger partial charge is 0.279 e. The Hall–Kier alpha value is -2.24. The van der Waals surface area contributed by atoms with Crippen molar-refractivity contribution in [3.05, 3.63) is 65.0 Å². The lowest BCUT2D eigenvalue weighted by molar-refractivity contribution is -0.937. The Morgan fingerprint density at radius 2 is 1.93 bits per heavy atom. The summed E-state index contributed by atoms with van der Waals surface area (Å²) in [5, 5.41) is 14.4. The molecule has 160 valence electrons. The van der Waals surface area contributed by atoms with E-state index in [4.69, 9.17) is 0 Å². The fraction of sp³-hybridized carbons (Fsp3) is 0.480. The molecular weight excluding hydrogens is 379 g/mol. The molecule has 1 saturated heterocycles. The molecule has 2 aliphatic rings. The van der Waals surface area contributed by atoms with Crippen molar-refractivity contribution < 1.29 is 19.2 Å². The number of fused-ring (bicyclic) bond motifs is 1. The van der Waals surface area contributed by atoms with Gasteiger partial charge in [-0.2, -0.15) is 0 Å². The van der Waals surface area contributed by atoms with Crippen molar-refractivity contribution in [3.63, 3.8) is 0 Å². The fourth-order valence-electron chi connectivity index (χ4n) is 5.54. The molecule has 30 heavy (non-hydrogen) atoms. The van der Waals surface area contributed by atoms with Crippen LogP contribution in [0.15, 0.2) is 42.5 Å². The number of benzene rings is 2. The number of carbonyl (C=O) groups excluding carboxylic acids is 1. The molecule has 3 N–H and O–H groups in total. The Morgan fingerprint density at radius 1 is 1.17 bits per heavy atom. The van der Waals surface area contributed by atoms with Crippen LogP contribution in [0.1, 0.15) is 54.8 Å². The van der Waals surface area contributed by atoms with Gasteiger partial charge in [-0.1, -0.05) is 42.7 Å². The van der Waals surface area contributed by atoms with E-state index in [0.29, 0.717) is 13.0 Å². The highest BCUT2D eigenvalue weighted by Gasteiger charge is 2.51. The molecule has 4 atom stereocenters. The average Bonchev–Trinajstić information content (AvgIpc) is 2.71. The van der Waals surface area contributed by atoms with Gasteiger partial charge in [-0.05, 0) is 50.5 Å². The highest BCUT2D eigenvalue weighted by molar-refractivity contribution is 5.92. The summed E-state index contributed by atoms with van der Waals surface area (Å²) < 4.78 is 13.6. The molecule has 4 rings (SSSR count). The zero-order valence-corrected chi connectivity index (χ0v) is 17.9. The number of quaternary nitrogens is 1. The SMILES string of the molecule is Cc1ccc(NC(=O)C[NH+]2CC[C@]3(O)CCCC[C@@H]3[C@@H]2c2ccc(F)cc2)c(C)c1. The number of carbonyl (C=O) groups is 1. The van der Waals surface area contributed by atoms with Crippen LogP contribution < -0.4 is 10.2 Å². The first-order chi connectivity index (χ1) is 14.4. The minimum atomic E-state index is -0.676. The molecule has 1 amide bonds. The zero-order valence-electron chi connectivity index (χ0n) is 17.9. The first-order valence-electron chi connectivity index (χ1n) is 11.1. The number of piperidine rings is 1. The van der Waals surface area contributed by atoms with E-state index < -0.39 is 5.60 Å². The summed E-state index contributed by atoms with van der Waals surface area (Å²) in [4.78, 5) is 14.1. The van der Waals surface area contributed by atoms with Crippen LogP contribution in [0.25, 0.3) is 0 Å². The molecule has 0 spiro atoms. The van der Waals surface area contributed by atoms with Gasteiger partial charge in [-0.25, -0.2) is 4.39 Å². The van der Waals surface area contributed by atoms with Gasteiger partial charge in [0.1, 0.15) is 11.9 Å². The maximum Gasteiger partial charge on any atom is 0.279 e. The monoisotopic (exact) mass is 411 g/mol. The second-order valence-corrected chi connectivity index (χ2v) is 9.19. The van der Waals surface area contributed by atoms with Crippen molar-refractivity contribution in [1.29, 1.82) is 0 Å². The molecule has 2 fully saturated rings. The molecule has 0 aromatic heterocycles. The average molecular weight is 412 g/mol. The second-order valence-electron chi connectivity index (χ2n) is 9.19. The number of halogens is 1. The van der Waals surface area contributed by atoms with Gasteiger partial charge in [0.05, 0.1) is 12.1 Å². The van der Waals surface area contributed by atoms with Gasteiger partial charge < -0.3 is 15.3 Å². The summed E-state index contributed by atoms with van der Waals surface area (Å²) >= 11 is 0. The van der Waals surface area contributed by atoms with Gasteiger partial charge in [-0.3, -0.25) is 4.79 Å². The van der Waals surface area contributed by atoms with Crippen molar-refractivity contribution in [3.8, 4) is 0 Å². The maximum absolute atomic E-state index is 13.6. The van der Waals surface area contributed by atoms with E-state index in [-0.39, 0.29) is 23.7 Å². The van der Waals surface area contributed by atoms with E-state index in [1.807, 2.05) is 38.1 Å². The van der Waals surface area contributed by atoms with Crippen LogP contribution in [-0.4, -0.2) is 29.7 Å². The van der Waals surface area contributed by atoms with Crippen LogP contribution in [0.5, 0.6) is 0 Å². The van der Waals surface area contributed by atoms with Crippen LogP contribution in [0.2, 0.25) is 0 Å². The molecule has 1 heterocycles. The lowest BCUT2D eigenvalue weighted by atomic mass is 9.66. The number of rotatable bonds is 4. The summed E-state index contributed by atoms with van der Waals surface area (Å²) in [7, 11) is 0. The molecule has 4 nitrogen and oxygen atoms in total. The van der Waals surface area contributed by atoms with Crippen LogP contribution in [-0.2, 0) is 4.79 Å². The van der Waals surface area contributed by atoms with Crippen LogP contribution in [0, 0.1) is 25.6 Å². The first-order valence-corrected chi connectivity index (χ1v) is 11.1. The lowest BCUT2D eigenvalue weighted by Gasteiger charge is -2.50. The molecule has 0 bridgehead atoms. The molecule has 1 unspecified atom stereocenters. The van der Waals surface area contributed by atoms with Gasteiger partial charge in [0.15, 0.2) is 6.54 Å². The maximum atomic E-state index is 13.6. The van der Waals surface area contributed by atoms with Crippen LogP contribution >= 0.6 is 0 Å². The Balaban J connectivity index is 1.57. The molecule has 1 aliphatic carbocycles. The third-order valence-electron chi connectivity index (χ3n) is 7.06. The van der Waals surface area contributed by atoms with E-state index in [0.717, 1.165) is 53.9 Å². The van der Waals surface area contributed by atoms with Gasteiger partial charge in [0, 0.05) is 23.6 Å². The Morgan fingerprint density at radius 3 is 2.67 bits per heavy atom. The minimum absolute atomic E-state index is 0.00508. The molecule has 5 heteroatoms. The quantitative estimate of drug-likeness (QED) is 0.723. The number of hydrogen-bond acceptors (Lipinski definition) is 2. The molecule has 2 aromatic carbocycles.